The van der Waals surface area contributed by atoms with Crippen molar-refractivity contribution in [3.8, 4) is 0 Å². The zero-order chi connectivity index (χ0) is 19.6. The van der Waals surface area contributed by atoms with Crippen molar-refractivity contribution < 1.29 is 9.59 Å². The van der Waals surface area contributed by atoms with E-state index in [1.165, 1.54) is 40.8 Å². The van der Waals surface area contributed by atoms with Crippen molar-refractivity contribution in [3.05, 3.63) is 15.6 Å². The molecule has 1 aliphatic heterocycles. The molecule has 0 aliphatic carbocycles. The number of fused-ring (bicyclic) bond motifs is 1. The van der Waals surface area contributed by atoms with E-state index in [0.29, 0.717) is 25.8 Å². The highest BCUT2D eigenvalue weighted by molar-refractivity contribution is 7.99. The van der Waals surface area contributed by atoms with Crippen LogP contribution < -0.4 is 0 Å². The van der Waals surface area contributed by atoms with Crippen LogP contribution in [0.5, 0.6) is 0 Å². The van der Waals surface area contributed by atoms with E-state index in [9.17, 15) is 9.59 Å². The standard InChI is InChI=1S/C18H23ClN4O2S2/c1-11-13-15(19)20-18(21-16(13)27-14(11)17(25)22(2)3)26-10-12(24)23-8-6-4-5-7-9-23/h4-10H2,1-3H3. The predicted molar refractivity (Wildman–Crippen MR) is 111 cm³/mol. The first-order valence-corrected chi connectivity index (χ1v) is 11.2. The quantitative estimate of drug-likeness (QED) is 0.422. The van der Waals surface area contributed by atoms with Crippen LogP contribution in [0.4, 0.5) is 0 Å². The Morgan fingerprint density at radius 1 is 1.19 bits per heavy atom. The van der Waals surface area contributed by atoms with Crippen molar-refractivity contribution in [2.75, 3.05) is 32.9 Å². The lowest BCUT2D eigenvalue weighted by Gasteiger charge is -2.19. The van der Waals surface area contributed by atoms with E-state index in [1.54, 1.807) is 14.1 Å². The third kappa shape index (κ3) is 4.55. The summed E-state index contributed by atoms with van der Waals surface area (Å²) in [6.07, 6.45) is 4.53. The van der Waals surface area contributed by atoms with Crippen molar-refractivity contribution in [2.45, 2.75) is 37.8 Å². The number of amides is 2. The Morgan fingerprint density at radius 2 is 1.85 bits per heavy atom. The molecule has 9 heteroatoms. The van der Waals surface area contributed by atoms with Gasteiger partial charge in [0.1, 0.15) is 9.98 Å². The summed E-state index contributed by atoms with van der Waals surface area (Å²) in [6, 6.07) is 0. The van der Waals surface area contributed by atoms with Gasteiger partial charge in [-0.2, -0.15) is 0 Å². The summed E-state index contributed by atoms with van der Waals surface area (Å²) in [6.45, 7) is 3.53. The highest BCUT2D eigenvalue weighted by atomic mass is 35.5. The second-order valence-electron chi connectivity index (χ2n) is 6.82. The fourth-order valence-electron chi connectivity index (χ4n) is 3.08. The Bertz CT molecular complexity index is 861. The van der Waals surface area contributed by atoms with Gasteiger partial charge in [0.25, 0.3) is 5.91 Å². The lowest BCUT2D eigenvalue weighted by molar-refractivity contribution is -0.128. The van der Waals surface area contributed by atoms with Gasteiger partial charge in [0.15, 0.2) is 5.16 Å². The van der Waals surface area contributed by atoms with Crippen molar-refractivity contribution in [2.24, 2.45) is 0 Å². The number of rotatable bonds is 4. The molecule has 0 saturated carbocycles. The molecule has 0 aromatic carbocycles. The van der Waals surface area contributed by atoms with Crippen LogP contribution in [-0.4, -0.2) is 64.5 Å². The third-order valence-electron chi connectivity index (χ3n) is 4.61. The number of aryl methyl sites for hydroxylation is 1. The molecule has 146 valence electrons. The highest BCUT2D eigenvalue weighted by Gasteiger charge is 2.22. The second kappa shape index (κ2) is 8.75. The van der Waals surface area contributed by atoms with Gasteiger partial charge in [0.2, 0.25) is 5.91 Å². The van der Waals surface area contributed by atoms with Crippen molar-refractivity contribution in [1.29, 1.82) is 0 Å². The molecule has 0 bridgehead atoms. The van der Waals surface area contributed by atoms with E-state index in [2.05, 4.69) is 9.97 Å². The largest absolute Gasteiger partial charge is 0.344 e. The number of hydrogen-bond acceptors (Lipinski definition) is 6. The molecule has 27 heavy (non-hydrogen) atoms. The van der Waals surface area contributed by atoms with Crippen molar-refractivity contribution >= 4 is 56.7 Å². The number of nitrogens with zero attached hydrogens (tertiary/aromatic N) is 4. The number of carbonyl (C=O) groups is 2. The monoisotopic (exact) mass is 426 g/mol. The number of likely N-dealkylation sites (tertiary alicyclic amines) is 1. The topological polar surface area (TPSA) is 66.4 Å². The van der Waals surface area contributed by atoms with E-state index in [1.807, 2.05) is 11.8 Å². The minimum atomic E-state index is -0.0721. The van der Waals surface area contributed by atoms with Crippen LogP contribution in [0.15, 0.2) is 5.16 Å². The van der Waals surface area contributed by atoms with E-state index in [4.69, 9.17) is 11.6 Å². The Labute approximate surface area is 172 Å². The summed E-state index contributed by atoms with van der Waals surface area (Å²) in [7, 11) is 3.43. The summed E-state index contributed by atoms with van der Waals surface area (Å²) in [5.74, 6) is 0.347. The molecular weight excluding hydrogens is 404 g/mol. The summed E-state index contributed by atoms with van der Waals surface area (Å²) in [4.78, 5) is 38.5. The first kappa shape index (κ1) is 20.4. The summed E-state index contributed by atoms with van der Waals surface area (Å²) < 4.78 is 0. The van der Waals surface area contributed by atoms with Gasteiger partial charge in [-0.15, -0.1) is 11.3 Å². The van der Waals surface area contributed by atoms with Crippen LogP contribution in [0, 0.1) is 6.92 Å². The van der Waals surface area contributed by atoms with Gasteiger partial charge in [0.05, 0.1) is 16.0 Å². The zero-order valence-corrected chi connectivity index (χ0v) is 18.1. The Kier molecular flexibility index (Phi) is 6.60. The molecule has 1 fully saturated rings. The molecule has 0 unspecified atom stereocenters. The fraction of sp³-hybridized carbons (Fsp3) is 0.556. The van der Waals surface area contributed by atoms with Crippen LogP contribution in [0.25, 0.3) is 10.2 Å². The van der Waals surface area contributed by atoms with Gasteiger partial charge in [-0.1, -0.05) is 36.2 Å². The number of thiophene rings is 1. The molecule has 2 amide bonds. The van der Waals surface area contributed by atoms with Crippen LogP contribution >= 0.6 is 34.7 Å². The lowest BCUT2D eigenvalue weighted by Crippen LogP contribution is -2.33. The molecular formula is C18H23ClN4O2S2. The average molecular weight is 427 g/mol. The summed E-state index contributed by atoms with van der Waals surface area (Å²) in [5.41, 5.74) is 0.802. The fourth-order valence-corrected chi connectivity index (χ4v) is 5.51. The van der Waals surface area contributed by atoms with Gasteiger partial charge in [0, 0.05) is 27.2 Å². The lowest BCUT2D eigenvalue weighted by atomic mass is 10.2. The summed E-state index contributed by atoms with van der Waals surface area (Å²) in [5, 5.41) is 1.52. The molecule has 3 heterocycles. The van der Waals surface area contributed by atoms with Gasteiger partial charge >= 0.3 is 0 Å². The Balaban J connectivity index is 1.77. The molecule has 6 nitrogen and oxygen atoms in total. The SMILES string of the molecule is Cc1c(C(=O)N(C)C)sc2nc(SCC(=O)N3CCCCCC3)nc(Cl)c12. The smallest absolute Gasteiger partial charge is 0.263 e. The van der Waals surface area contributed by atoms with Crippen LogP contribution in [0.3, 0.4) is 0 Å². The van der Waals surface area contributed by atoms with Crippen LogP contribution in [0.2, 0.25) is 5.15 Å². The normalized spacial score (nSPS) is 15.0. The van der Waals surface area contributed by atoms with Crippen LogP contribution in [0.1, 0.15) is 40.9 Å². The molecule has 0 spiro atoms. The Hall–Kier alpha value is -1.38. The minimum Gasteiger partial charge on any atom is -0.344 e. The third-order valence-corrected chi connectivity index (χ3v) is 6.89. The maximum Gasteiger partial charge on any atom is 0.263 e. The second-order valence-corrected chi connectivity index (χ2v) is 9.12. The first-order valence-electron chi connectivity index (χ1n) is 8.97. The maximum absolute atomic E-state index is 12.5. The molecule has 0 radical (unpaired) electrons. The van der Waals surface area contributed by atoms with Crippen LogP contribution in [-0.2, 0) is 4.79 Å². The number of aromatic nitrogens is 2. The molecule has 1 saturated heterocycles. The predicted octanol–water partition coefficient (Wildman–Crippen LogP) is 3.85. The molecule has 0 atom stereocenters. The van der Waals surface area contributed by atoms with Crippen molar-refractivity contribution in [3.63, 3.8) is 0 Å². The van der Waals surface area contributed by atoms with Gasteiger partial charge in [-0.05, 0) is 25.3 Å². The molecule has 0 N–H and O–H groups in total. The van der Waals surface area contributed by atoms with Gasteiger partial charge < -0.3 is 9.80 Å². The van der Waals surface area contributed by atoms with Gasteiger partial charge in [-0.3, -0.25) is 9.59 Å². The number of thioether (sulfide) groups is 1. The summed E-state index contributed by atoms with van der Waals surface area (Å²) >= 11 is 8.99. The minimum absolute atomic E-state index is 0.0721. The molecule has 2 aromatic rings. The number of halogens is 1. The van der Waals surface area contributed by atoms with E-state index >= 15 is 0 Å². The van der Waals surface area contributed by atoms with Gasteiger partial charge in [-0.25, -0.2) is 9.97 Å². The number of carbonyl (C=O) groups excluding carboxylic acids is 2. The average Bonchev–Trinajstić information content (AvgIpc) is 2.81. The Morgan fingerprint density at radius 3 is 2.48 bits per heavy atom. The van der Waals surface area contributed by atoms with E-state index in [0.717, 1.165) is 36.9 Å². The van der Waals surface area contributed by atoms with E-state index < -0.39 is 0 Å². The molecule has 2 aromatic heterocycles. The highest BCUT2D eigenvalue weighted by Crippen LogP contribution is 2.35. The first-order chi connectivity index (χ1) is 12.9. The number of hydrogen-bond donors (Lipinski definition) is 0. The zero-order valence-electron chi connectivity index (χ0n) is 15.7. The molecule has 3 rings (SSSR count). The maximum atomic E-state index is 12.5. The molecule has 1 aliphatic rings. The van der Waals surface area contributed by atoms with Crippen molar-refractivity contribution in [1.82, 2.24) is 19.8 Å². The van der Waals surface area contributed by atoms with E-state index in [-0.39, 0.29) is 11.8 Å².